The first-order valence-corrected chi connectivity index (χ1v) is 7.19. The van der Waals surface area contributed by atoms with Gasteiger partial charge in [-0.3, -0.25) is 9.78 Å². The van der Waals surface area contributed by atoms with Gasteiger partial charge in [0.25, 0.3) is 5.91 Å². The lowest BCUT2D eigenvalue weighted by Gasteiger charge is -2.10. The van der Waals surface area contributed by atoms with E-state index in [1.54, 1.807) is 36.7 Å². The zero-order valence-electron chi connectivity index (χ0n) is 13.4. The standard InChI is InChI=1S/C18H17N3O3/c1-23-16-6-3-7-17(24-2)15(16)9-14(10-19)18(22)21-12-13-5-4-8-20-11-13/h3-9,11H,12H2,1-2H3,(H,21,22)/b14-9+. The molecule has 0 bridgehead atoms. The van der Waals surface area contributed by atoms with E-state index in [2.05, 4.69) is 10.3 Å². The highest BCUT2D eigenvalue weighted by molar-refractivity contribution is 6.02. The molecule has 0 saturated carbocycles. The third-order valence-electron chi connectivity index (χ3n) is 3.30. The molecule has 1 N–H and O–H groups in total. The number of carbonyl (C=O) groups excluding carboxylic acids is 1. The number of hydrogen-bond acceptors (Lipinski definition) is 5. The second-order valence-electron chi connectivity index (χ2n) is 4.79. The van der Waals surface area contributed by atoms with Crippen molar-refractivity contribution in [2.75, 3.05) is 14.2 Å². The number of nitrogens with one attached hydrogen (secondary N) is 1. The summed E-state index contributed by atoms with van der Waals surface area (Å²) >= 11 is 0. The predicted molar refractivity (Wildman–Crippen MR) is 89.2 cm³/mol. The van der Waals surface area contributed by atoms with Crippen molar-refractivity contribution >= 4 is 12.0 Å². The molecule has 0 saturated heterocycles. The van der Waals surface area contributed by atoms with Gasteiger partial charge in [-0.05, 0) is 29.8 Å². The predicted octanol–water partition coefficient (Wildman–Crippen LogP) is 2.32. The number of nitrogens with zero attached hydrogens (tertiary/aromatic N) is 2. The number of ether oxygens (including phenoxy) is 2. The van der Waals surface area contributed by atoms with Crippen molar-refractivity contribution in [1.82, 2.24) is 10.3 Å². The molecule has 0 fully saturated rings. The van der Waals surface area contributed by atoms with Crippen LogP contribution in [0.2, 0.25) is 0 Å². The summed E-state index contributed by atoms with van der Waals surface area (Å²) < 4.78 is 10.5. The van der Waals surface area contributed by atoms with Crippen LogP contribution in [0, 0.1) is 11.3 Å². The number of pyridine rings is 1. The van der Waals surface area contributed by atoms with E-state index in [1.165, 1.54) is 20.3 Å². The number of amides is 1. The van der Waals surface area contributed by atoms with E-state index in [0.717, 1.165) is 5.56 Å². The zero-order chi connectivity index (χ0) is 17.4. The number of aromatic nitrogens is 1. The summed E-state index contributed by atoms with van der Waals surface area (Å²) in [7, 11) is 3.03. The number of hydrogen-bond donors (Lipinski definition) is 1. The maximum absolute atomic E-state index is 12.2. The summed E-state index contributed by atoms with van der Waals surface area (Å²) in [5, 5.41) is 12.0. The first-order valence-electron chi connectivity index (χ1n) is 7.19. The van der Waals surface area contributed by atoms with Gasteiger partial charge >= 0.3 is 0 Å². The molecule has 0 atom stereocenters. The van der Waals surface area contributed by atoms with E-state index >= 15 is 0 Å². The maximum atomic E-state index is 12.2. The number of rotatable bonds is 6. The second-order valence-corrected chi connectivity index (χ2v) is 4.79. The smallest absolute Gasteiger partial charge is 0.262 e. The number of benzene rings is 1. The van der Waals surface area contributed by atoms with Crippen LogP contribution in [0.4, 0.5) is 0 Å². The topological polar surface area (TPSA) is 84.2 Å². The molecule has 1 aromatic carbocycles. The van der Waals surface area contributed by atoms with E-state index in [9.17, 15) is 10.1 Å². The van der Waals surface area contributed by atoms with Crippen molar-refractivity contribution < 1.29 is 14.3 Å². The minimum Gasteiger partial charge on any atom is -0.496 e. The molecule has 1 amide bonds. The molecular weight excluding hydrogens is 306 g/mol. The summed E-state index contributed by atoms with van der Waals surface area (Å²) in [4.78, 5) is 16.2. The fourth-order valence-electron chi connectivity index (χ4n) is 2.10. The van der Waals surface area contributed by atoms with E-state index in [-0.39, 0.29) is 12.1 Å². The van der Waals surface area contributed by atoms with Gasteiger partial charge < -0.3 is 14.8 Å². The fraction of sp³-hybridized carbons (Fsp3) is 0.167. The summed E-state index contributed by atoms with van der Waals surface area (Å²) in [5.74, 6) is 0.554. The molecule has 2 aromatic rings. The Balaban J connectivity index is 2.23. The largest absolute Gasteiger partial charge is 0.496 e. The third-order valence-corrected chi connectivity index (χ3v) is 3.30. The molecule has 0 aliphatic rings. The molecule has 1 heterocycles. The Morgan fingerprint density at radius 1 is 1.25 bits per heavy atom. The van der Waals surface area contributed by atoms with Gasteiger partial charge in [-0.1, -0.05) is 12.1 Å². The Morgan fingerprint density at radius 3 is 2.50 bits per heavy atom. The van der Waals surface area contributed by atoms with Gasteiger partial charge in [-0.2, -0.15) is 5.26 Å². The summed E-state index contributed by atoms with van der Waals surface area (Å²) in [6.45, 7) is 0.286. The Hall–Kier alpha value is -3.33. The first-order chi connectivity index (χ1) is 11.7. The van der Waals surface area contributed by atoms with Crippen LogP contribution in [0.5, 0.6) is 11.5 Å². The first kappa shape index (κ1) is 17.0. The Labute approximate surface area is 140 Å². The highest BCUT2D eigenvalue weighted by Gasteiger charge is 2.13. The highest BCUT2D eigenvalue weighted by Crippen LogP contribution is 2.30. The molecule has 0 aliphatic carbocycles. The van der Waals surface area contributed by atoms with Gasteiger partial charge in [-0.25, -0.2) is 0 Å². The molecule has 0 aliphatic heterocycles. The fourth-order valence-corrected chi connectivity index (χ4v) is 2.10. The van der Waals surface area contributed by atoms with Crippen molar-refractivity contribution in [3.8, 4) is 17.6 Å². The van der Waals surface area contributed by atoms with Crippen LogP contribution in [-0.2, 0) is 11.3 Å². The minimum atomic E-state index is -0.477. The molecule has 1 aromatic heterocycles. The number of methoxy groups -OCH3 is 2. The Bertz CT molecular complexity index is 758. The summed E-state index contributed by atoms with van der Waals surface area (Å²) in [6, 6.07) is 10.8. The molecule has 0 radical (unpaired) electrons. The maximum Gasteiger partial charge on any atom is 0.262 e. The van der Waals surface area contributed by atoms with E-state index in [0.29, 0.717) is 17.1 Å². The molecule has 2 rings (SSSR count). The quantitative estimate of drug-likeness (QED) is 0.651. The number of nitriles is 1. The molecule has 0 spiro atoms. The van der Waals surface area contributed by atoms with E-state index in [1.807, 2.05) is 12.1 Å². The van der Waals surface area contributed by atoms with Crippen molar-refractivity contribution in [1.29, 1.82) is 5.26 Å². The Kier molecular flexibility index (Phi) is 5.92. The van der Waals surface area contributed by atoms with Crippen LogP contribution in [0.15, 0.2) is 48.3 Å². The van der Waals surface area contributed by atoms with E-state index in [4.69, 9.17) is 9.47 Å². The van der Waals surface area contributed by atoms with Crippen LogP contribution in [0.25, 0.3) is 6.08 Å². The Morgan fingerprint density at radius 2 is 1.96 bits per heavy atom. The summed E-state index contributed by atoms with van der Waals surface area (Å²) in [5.41, 5.74) is 1.34. The van der Waals surface area contributed by atoms with Gasteiger partial charge in [0.05, 0.1) is 19.8 Å². The van der Waals surface area contributed by atoms with Crippen molar-refractivity contribution in [3.05, 3.63) is 59.4 Å². The van der Waals surface area contributed by atoms with Crippen LogP contribution in [-0.4, -0.2) is 25.1 Å². The molecule has 0 unspecified atom stereocenters. The van der Waals surface area contributed by atoms with Gasteiger partial charge in [-0.15, -0.1) is 0 Å². The normalized spacial score (nSPS) is 10.6. The SMILES string of the molecule is COc1cccc(OC)c1/C=C(\C#N)C(=O)NCc1cccnc1. The second kappa shape index (κ2) is 8.34. The minimum absolute atomic E-state index is 0.0401. The highest BCUT2D eigenvalue weighted by atomic mass is 16.5. The molecular formula is C18H17N3O3. The van der Waals surface area contributed by atoms with E-state index < -0.39 is 5.91 Å². The van der Waals surface area contributed by atoms with Crippen molar-refractivity contribution in [2.24, 2.45) is 0 Å². The molecule has 6 nitrogen and oxygen atoms in total. The lowest BCUT2D eigenvalue weighted by atomic mass is 10.1. The van der Waals surface area contributed by atoms with Gasteiger partial charge in [0.1, 0.15) is 23.1 Å². The molecule has 24 heavy (non-hydrogen) atoms. The third kappa shape index (κ3) is 4.11. The van der Waals surface area contributed by atoms with Crippen molar-refractivity contribution in [2.45, 2.75) is 6.54 Å². The van der Waals surface area contributed by atoms with Crippen LogP contribution < -0.4 is 14.8 Å². The van der Waals surface area contributed by atoms with Crippen LogP contribution in [0.1, 0.15) is 11.1 Å². The average molecular weight is 323 g/mol. The molecule has 6 heteroatoms. The lowest BCUT2D eigenvalue weighted by molar-refractivity contribution is -0.117. The monoisotopic (exact) mass is 323 g/mol. The lowest BCUT2D eigenvalue weighted by Crippen LogP contribution is -2.24. The summed E-state index contributed by atoms with van der Waals surface area (Å²) in [6.07, 6.45) is 4.76. The van der Waals surface area contributed by atoms with Crippen LogP contribution >= 0.6 is 0 Å². The zero-order valence-corrected chi connectivity index (χ0v) is 13.4. The molecule has 122 valence electrons. The number of carbonyl (C=O) groups is 1. The van der Waals surface area contributed by atoms with Gasteiger partial charge in [0, 0.05) is 18.9 Å². The van der Waals surface area contributed by atoms with Gasteiger partial charge in [0.2, 0.25) is 0 Å². The average Bonchev–Trinajstić information content (AvgIpc) is 2.64. The van der Waals surface area contributed by atoms with Crippen molar-refractivity contribution in [3.63, 3.8) is 0 Å². The van der Waals surface area contributed by atoms with Gasteiger partial charge in [0.15, 0.2) is 0 Å². The van der Waals surface area contributed by atoms with Crippen LogP contribution in [0.3, 0.4) is 0 Å².